The van der Waals surface area contributed by atoms with Gasteiger partial charge in [-0.15, -0.1) is 0 Å². The second-order valence-corrected chi connectivity index (χ2v) is 10.6. The summed E-state index contributed by atoms with van der Waals surface area (Å²) in [5.74, 6) is 0.0430. The fourth-order valence-corrected chi connectivity index (χ4v) is 5.28. The predicted molar refractivity (Wildman–Crippen MR) is 144 cm³/mol. The van der Waals surface area contributed by atoms with Crippen molar-refractivity contribution in [2.75, 3.05) is 19.8 Å². The third-order valence-corrected chi connectivity index (χ3v) is 6.92. The highest BCUT2D eigenvalue weighted by Gasteiger charge is 2.48. The van der Waals surface area contributed by atoms with Crippen LogP contribution in [0.5, 0.6) is 11.5 Å². The zero-order chi connectivity index (χ0) is 26.4. The van der Waals surface area contributed by atoms with Gasteiger partial charge in [0.2, 0.25) is 0 Å². The summed E-state index contributed by atoms with van der Waals surface area (Å²) in [6, 6.07) is 17.1. The molecule has 1 aliphatic carbocycles. The lowest BCUT2D eigenvalue weighted by Gasteiger charge is -2.41. The molecule has 1 aliphatic heterocycles. The van der Waals surface area contributed by atoms with Crippen LogP contribution in [0.1, 0.15) is 64.9 Å². The Morgan fingerprint density at radius 1 is 0.946 bits per heavy atom. The average Bonchev–Trinajstić information content (AvgIpc) is 2.86. The molecular formula is C31H37NO5. The summed E-state index contributed by atoms with van der Waals surface area (Å²) in [4.78, 5) is 31.9. The van der Waals surface area contributed by atoms with Crippen LogP contribution in [0.3, 0.4) is 0 Å². The van der Waals surface area contributed by atoms with E-state index in [1.165, 1.54) is 0 Å². The van der Waals surface area contributed by atoms with E-state index in [1.54, 1.807) is 0 Å². The molecule has 1 heterocycles. The molecule has 1 saturated carbocycles. The number of carbonyl (C=O) groups excluding carboxylic acids is 2. The maximum atomic E-state index is 13.6. The largest absolute Gasteiger partial charge is 0.493 e. The smallest absolute Gasteiger partial charge is 0.336 e. The molecule has 0 spiro atoms. The predicted octanol–water partition coefficient (Wildman–Crippen LogP) is 6.31. The maximum Gasteiger partial charge on any atom is 0.336 e. The second kappa shape index (κ2) is 11.8. The average molecular weight is 504 g/mol. The number of nitrogens with zero attached hydrogens (tertiary/aromatic N) is 1. The highest BCUT2D eigenvalue weighted by atomic mass is 16.6. The van der Waals surface area contributed by atoms with Gasteiger partial charge in [0.1, 0.15) is 30.5 Å². The number of allylic oxidation sites excluding steroid dienone is 1. The number of rotatable bonds is 10. The van der Waals surface area contributed by atoms with Crippen molar-refractivity contribution in [3.05, 3.63) is 71.4 Å². The first kappa shape index (κ1) is 26.6. The molecule has 1 fully saturated rings. The van der Waals surface area contributed by atoms with Crippen LogP contribution in [0.25, 0.3) is 0 Å². The van der Waals surface area contributed by atoms with Gasteiger partial charge in [0.25, 0.3) is 0 Å². The molecule has 0 N–H and O–H groups in total. The van der Waals surface area contributed by atoms with Gasteiger partial charge < -0.3 is 14.2 Å². The zero-order valence-corrected chi connectivity index (χ0v) is 22.3. The van der Waals surface area contributed by atoms with Crippen molar-refractivity contribution < 1.29 is 23.8 Å². The Kier molecular flexibility index (Phi) is 8.47. The van der Waals surface area contributed by atoms with E-state index in [4.69, 9.17) is 19.2 Å². The van der Waals surface area contributed by atoms with Gasteiger partial charge in [-0.05, 0) is 43.4 Å². The molecule has 4 rings (SSSR count). The van der Waals surface area contributed by atoms with Crippen LogP contribution in [0, 0.1) is 11.3 Å². The Balaban J connectivity index is 1.64. The third-order valence-electron chi connectivity index (χ3n) is 6.92. The number of Topliss-reactive ketones (excluding diaryl/α,β-unsaturated/α-hetero) is 1. The summed E-state index contributed by atoms with van der Waals surface area (Å²) in [6.45, 7) is 9.03. The molecule has 2 atom stereocenters. The number of benzene rings is 2. The third kappa shape index (κ3) is 6.30. The van der Waals surface area contributed by atoms with Crippen molar-refractivity contribution in [3.63, 3.8) is 0 Å². The lowest BCUT2D eigenvalue weighted by atomic mass is 9.63. The molecule has 1 unspecified atom stereocenters. The van der Waals surface area contributed by atoms with Crippen LogP contribution in [-0.4, -0.2) is 37.3 Å². The fourth-order valence-electron chi connectivity index (χ4n) is 5.28. The van der Waals surface area contributed by atoms with E-state index in [2.05, 4.69) is 20.8 Å². The van der Waals surface area contributed by atoms with Crippen LogP contribution >= 0.6 is 0 Å². The fraction of sp³-hybridized carbons (Fsp3) is 0.452. The Bertz CT molecular complexity index is 1180. The van der Waals surface area contributed by atoms with Gasteiger partial charge in [0, 0.05) is 29.3 Å². The molecule has 0 aromatic heterocycles. The summed E-state index contributed by atoms with van der Waals surface area (Å²) in [6.07, 6.45) is 3.09. The number of esters is 1. The Morgan fingerprint density at radius 3 is 2.43 bits per heavy atom. The van der Waals surface area contributed by atoms with Crippen LogP contribution < -0.4 is 9.47 Å². The van der Waals surface area contributed by atoms with Gasteiger partial charge in [0.15, 0.2) is 0 Å². The zero-order valence-electron chi connectivity index (χ0n) is 22.3. The van der Waals surface area contributed by atoms with Crippen molar-refractivity contribution in [2.24, 2.45) is 16.3 Å². The molecule has 2 aliphatic rings. The molecular weight excluding hydrogens is 466 g/mol. The Hall–Kier alpha value is -3.41. The minimum absolute atomic E-state index is 0.0914. The van der Waals surface area contributed by atoms with E-state index in [-0.39, 0.29) is 24.4 Å². The van der Waals surface area contributed by atoms with Gasteiger partial charge >= 0.3 is 5.97 Å². The molecule has 2 aromatic carbocycles. The SMILES string of the molecule is CCCCOc1ccccc1[C@@H]1C(C(=O)OCCOc2ccccc2)=C(C)N=C2CC(C)(C)CC(=O)C21. The Morgan fingerprint density at radius 2 is 1.68 bits per heavy atom. The van der Waals surface area contributed by atoms with E-state index in [9.17, 15) is 9.59 Å². The van der Waals surface area contributed by atoms with Crippen molar-refractivity contribution in [1.82, 2.24) is 0 Å². The van der Waals surface area contributed by atoms with Crippen LogP contribution in [-0.2, 0) is 14.3 Å². The number of para-hydroxylation sites is 2. The number of carbonyl (C=O) groups is 2. The molecule has 0 amide bonds. The molecule has 2 aromatic rings. The van der Waals surface area contributed by atoms with Crippen LogP contribution in [0.15, 0.2) is 70.9 Å². The number of hydrogen-bond donors (Lipinski definition) is 0. The van der Waals surface area contributed by atoms with Gasteiger partial charge in [-0.3, -0.25) is 9.79 Å². The molecule has 0 radical (unpaired) electrons. The van der Waals surface area contributed by atoms with Gasteiger partial charge in [0.05, 0.1) is 18.1 Å². The number of ether oxygens (including phenoxy) is 3. The van der Waals surface area contributed by atoms with Crippen molar-refractivity contribution >= 4 is 17.5 Å². The van der Waals surface area contributed by atoms with E-state index >= 15 is 0 Å². The highest BCUT2D eigenvalue weighted by Crippen LogP contribution is 2.48. The van der Waals surface area contributed by atoms with E-state index in [0.717, 1.165) is 24.1 Å². The number of ketones is 1. The number of hydrogen-bond acceptors (Lipinski definition) is 6. The lowest BCUT2D eigenvalue weighted by molar-refractivity contribution is -0.140. The van der Waals surface area contributed by atoms with Gasteiger partial charge in [-0.2, -0.15) is 0 Å². The minimum atomic E-state index is -0.504. The van der Waals surface area contributed by atoms with Gasteiger partial charge in [-0.1, -0.05) is 63.6 Å². The van der Waals surface area contributed by atoms with E-state index < -0.39 is 17.8 Å². The van der Waals surface area contributed by atoms with Crippen LogP contribution in [0.2, 0.25) is 0 Å². The number of fused-ring (bicyclic) bond motifs is 1. The molecule has 0 bridgehead atoms. The van der Waals surface area contributed by atoms with E-state index in [0.29, 0.717) is 42.2 Å². The molecule has 6 heteroatoms. The minimum Gasteiger partial charge on any atom is -0.493 e. The maximum absolute atomic E-state index is 13.6. The number of aliphatic imine (C=N–C) groups is 1. The Labute approximate surface area is 219 Å². The van der Waals surface area contributed by atoms with Gasteiger partial charge in [-0.25, -0.2) is 4.79 Å². The first-order valence-corrected chi connectivity index (χ1v) is 13.2. The summed E-state index contributed by atoms with van der Waals surface area (Å²) in [7, 11) is 0. The summed E-state index contributed by atoms with van der Waals surface area (Å²) in [5, 5.41) is 0. The molecule has 0 saturated heterocycles. The van der Waals surface area contributed by atoms with Crippen molar-refractivity contribution in [2.45, 2.75) is 59.3 Å². The van der Waals surface area contributed by atoms with Crippen molar-refractivity contribution in [3.8, 4) is 11.5 Å². The highest BCUT2D eigenvalue weighted by molar-refractivity contribution is 6.12. The molecule has 196 valence electrons. The summed E-state index contributed by atoms with van der Waals surface area (Å²) in [5.41, 5.74) is 2.53. The molecule has 37 heavy (non-hydrogen) atoms. The number of unbranched alkanes of at least 4 members (excludes halogenated alkanes) is 1. The lowest BCUT2D eigenvalue weighted by Crippen LogP contribution is -2.44. The monoisotopic (exact) mass is 503 g/mol. The molecule has 6 nitrogen and oxygen atoms in total. The quantitative estimate of drug-likeness (QED) is 0.281. The standard InChI is InChI=1S/C31H37NO5/c1-5-6-16-36-26-15-11-10-14-23(26)28-27(30(34)37-18-17-35-22-12-8-7-9-13-22)21(2)32-24-19-31(3,4)20-25(33)29(24)28/h7-15,28-29H,5-6,16-20H2,1-4H3/t28-,29?/m1/s1. The van der Waals surface area contributed by atoms with Crippen molar-refractivity contribution in [1.29, 1.82) is 0 Å². The van der Waals surface area contributed by atoms with E-state index in [1.807, 2.05) is 61.5 Å². The van der Waals surface area contributed by atoms with Crippen LogP contribution in [0.4, 0.5) is 0 Å². The first-order chi connectivity index (χ1) is 17.8. The summed E-state index contributed by atoms with van der Waals surface area (Å²) >= 11 is 0. The first-order valence-electron chi connectivity index (χ1n) is 13.2. The topological polar surface area (TPSA) is 74.2 Å². The second-order valence-electron chi connectivity index (χ2n) is 10.6. The summed E-state index contributed by atoms with van der Waals surface area (Å²) < 4.78 is 17.5. The normalized spacial score (nSPS) is 20.6.